The van der Waals surface area contributed by atoms with Crippen LogP contribution in [0.3, 0.4) is 0 Å². The Morgan fingerprint density at radius 3 is 2.20 bits per heavy atom. The summed E-state index contributed by atoms with van der Waals surface area (Å²) in [6.45, 7) is 3.94. The van der Waals surface area contributed by atoms with Gasteiger partial charge in [-0.3, -0.25) is 4.57 Å². The Labute approximate surface area is 60.0 Å². The Kier molecular flexibility index (Phi) is 1.66. The Bertz CT molecular complexity index is 293. The maximum atomic E-state index is 5.29. The van der Waals surface area contributed by atoms with Gasteiger partial charge in [-0.05, 0) is 13.8 Å². The van der Waals surface area contributed by atoms with E-state index in [-0.39, 0.29) is 0 Å². The molecule has 0 bridgehead atoms. The van der Waals surface area contributed by atoms with E-state index < -0.39 is 0 Å². The molecule has 0 saturated carbocycles. The van der Waals surface area contributed by atoms with Crippen LogP contribution in [0.1, 0.15) is 11.5 Å². The predicted molar refractivity (Wildman–Crippen MR) is 38.6 cm³/mol. The quantitative estimate of drug-likeness (QED) is 0.523. The summed E-state index contributed by atoms with van der Waals surface area (Å²) in [7, 11) is 3.66. The number of hydrogen-bond acceptors (Lipinski definition) is 2. The van der Waals surface area contributed by atoms with Crippen LogP contribution in [-0.4, -0.2) is 11.6 Å². The van der Waals surface area contributed by atoms with Gasteiger partial charge in [-0.2, -0.15) is 0 Å². The molecule has 3 heteroatoms. The van der Waals surface area contributed by atoms with E-state index in [0.29, 0.717) is 5.68 Å². The minimum Gasteiger partial charge on any atom is -0.429 e. The first-order valence-corrected chi connectivity index (χ1v) is 3.22. The maximum absolute atomic E-state index is 5.29. The van der Waals surface area contributed by atoms with Crippen LogP contribution in [0.5, 0.6) is 0 Å². The molecule has 0 unspecified atom stereocenters. The summed E-state index contributed by atoms with van der Waals surface area (Å²) in [5, 5.41) is 0. The Morgan fingerprint density at radius 1 is 1.40 bits per heavy atom. The standard InChI is InChI=1S/C7H12N2O/c1-5-6(2)10-7(8-3)9(5)4/h1-4H3. The van der Waals surface area contributed by atoms with Crippen LogP contribution < -0.4 is 5.68 Å². The molecule has 0 saturated heterocycles. The Hall–Kier alpha value is -0.990. The second-order valence-corrected chi connectivity index (χ2v) is 2.31. The second kappa shape index (κ2) is 2.33. The molecular formula is C7H12N2O. The predicted octanol–water partition coefficient (Wildman–Crippen LogP) is 0.765. The van der Waals surface area contributed by atoms with Crippen molar-refractivity contribution in [2.45, 2.75) is 13.8 Å². The van der Waals surface area contributed by atoms with Crippen molar-refractivity contribution in [2.24, 2.45) is 12.0 Å². The van der Waals surface area contributed by atoms with Gasteiger partial charge in [0.25, 0.3) is 5.68 Å². The third-order valence-electron chi connectivity index (χ3n) is 1.74. The van der Waals surface area contributed by atoms with Gasteiger partial charge < -0.3 is 4.42 Å². The smallest absolute Gasteiger partial charge is 0.296 e. The SMILES string of the molecule is CN=c1oc(C)c(C)n1C. The van der Waals surface area contributed by atoms with Gasteiger partial charge in [-0.15, -0.1) is 0 Å². The van der Waals surface area contributed by atoms with E-state index in [0.717, 1.165) is 11.5 Å². The average molecular weight is 140 g/mol. The molecule has 10 heavy (non-hydrogen) atoms. The fraction of sp³-hybridized carbons (Fsp3) is 0.571. The number of aryl methyl sites for hydroxylation is 1. The van der Waals surface area contributed by atoms with Crippen LogP contribution in [0.2, 0.25) is 0 Å². The molecule has 0 radical (unpaired) electrons. The molecule has 0 aliphatic heterocycles. The van der Waals surface area contributed by atoms with E-state index in [4.69, 9.17) is 4.42 Å². The van der Waals surface area contributed by atoms with Crippen LogP contribution >= 0.6 is 0 Å². The monoisotopic (exact) mass is 140 g/mol. The molecule has 0 N–H and O–H groups in total. The highest BCUT2D eigenvalue weighted by Crippen LogP contribution is 2.00. The molecule has 0 aliphatic carbocycles. The first-order chi connectivity index (χ1) is 4.66. The molecule has 56 valence electrons. The Morgan fingerprint density at radius 2 is 2.00 bits per heavy atom. The van der Waals surface area contributed by atoms with E-state index in [9.17, 15) is 0 Å². The first-order valence-electron chi connectivity index (χ1n) is 3.22. The van der Waals surface area contributed by atoms with Crippen LogP contribution in [0, 0.1) is 13.8 Å². The second-order valence-electron chi connectivity index (χ2n) is 2.31. The van der Waals surface area contributed by atoms with Crippen molar-refractivity contribution < 1.29 is 4.42 Å². The van der Waals surface area contributed by atoms with Crippen LogP contribution in [-0.2, 0) is 7.05 Å². The largest absolute Gasteiger partial charge is 0.429 e. The third kappa shape index (κ3) is 0.875. The lowest BCUT2D eigenvalue weighted by molar-refractivity contribution is 0.454. The summed E-state index contributed by atoms with van der Waals surface area (Å²) in [6.07, 6.45) is 0. The van der Waals surface area contributed by atoms with Crippen molar-refractivity contribution in [1.82, 2.24) is 4.57 Å². The molecule has 0 fully saturated rings. The number of hydrogen-bond donors (Lipinski definition) is 0. The molecule has 1 rings (SSSR count). The zero-order valence-corrected chi connectivity index (χ0v) is 6.80. The topological polar surface area (TPSA) is 30.4 Å². The van der Waals surface area contributed by atoms with Crippen molar-refractivity contribution >= 4 is 0 Å². The van der Waals surface area contributed by atoms with Gasteiger partial charge in [0.2, 0.25) is 0 Å². The third-order valence-corrected chi connectivity index (χ3v) is 1.74. The van der Waals surface area contributed by atoms with Gasteiger partial charge in [0.05, 0.1) is 5.69 Å². The average Bonchev–Trinajstić information content (AvgIpc) is 2.17. The molecule has 0 atom stereocenters. The zero-order chi connectivity index (χ0) is 7.72. The summed E-state index contributed by atoms with van der Waals surface area (Å²) < 4.78 is 7.22. The van der Waals surface area contributed by atoms with Crippen LogP contribution in [0.25, 0.3) is 0 Å². The van der Waals surface area contributed by atoms with Gasteiger partial charge in [-0.1, -0.05) is 0 Å². The molecule has 0 aromatic carbocycles. The molecular weight excluding hydrogens is 128 g/mol. The van der Waals surface area contributed by atoms with E-state index in [1.165, 1.54) is 0 Å². The maximum Gasteiger partial charge on any atom is 0.296 e. The van der Waals surface area contributed by atoms with Crippen LogP contribution in [0.4, 0.5) is 0 Å². The summed E-state index contributed by atoms with van der Waals surface area (Å²) >= 11 is 0. The number of aromatic nitrogens is 1. The summed E-state index contributed by atoms with van der Waals surface area (Å²) in [5.41, 5.74) is 1.80. The van der Waals surface area contributed by atoms with Crippen molar-refractivity contribution in [1.29, 1.82) is 0 Å². The van der Waals surface area contributed by atoms with Gasteiger partial charge >= 0.3 is 0 Å². The number of rotatable bonds is 0. The molecule has 0 aliphatic rings. The van der Waals surface area contributed by atoms with Gasteiger partial charge in [0, 0.05) is 14.1 Å². The number of oxazole rings is 1. The Balaban J connectivity index is 3.46. The lowest BCUT2D eigenvalue weighted by Crippen LogP contribution is -2.12. The van der Waals surface area contributed by atoms with E-state index in [1.807, 2.05) is 25.5 Å². The molecule has 0 amide bonds. The van der Waals surface area contributed by atoms with Gasteiger partial charge in [0.1, 0.15) is 5.76 Å². The molecule has 3 nitrogen and oxygen atoms in total. The first kappa shape index (κ1) is 7.12. The van der Waals surface area contributed by atoms with Gasteiger partial charge in [0.15, 0.2) is 0 Å². The van der Waals surface area contributed by atoms with E-state index in [1.54, 1.807) is 7.05 Å². The van der Waals surface area contributed by atoms with Crippen molar-refractivity contribution in [3.63, 3.8) is 0 Å². The molecule has 1 heterocycles. The summed E-state index contributed by atoms with van der Waals surface area (Å²) in [4.78, 5) is 3.95. The van der Waals surface area contributed by atoms with Crippen molar-refractivity contribution in [3.05, 3.63) is 17.1 Å². The minimum atomic E-state index is 0.676. The fourth-order valence-corrected chi connectivity index (χ4v) is 0.855. The van der Waals surface area contributed by atoms with Crippen LogP contribution in [0.15, 0.2) is 9.41 Å². The highest BCUT2D eigenvalue weighted by atomic mass is 16.4. The van der Waals surface area contributed by atoms with Crippen molar-refractivity contribution in [3.8, 4) is 0 Å². The summed E-state index contributed by atoms with van der Waals surface area (Å²) in [5.74, 6) is 0.933. The zero-order valence-electron chi connectivity index (χ0n) is 6.80. The van der Waals surface area contributed by atoms with Gasteiger partial charge in [-0.25, -0.2) is 4.99 Å². The number of nitrogens with zero attached hydrogens (tertiary/aromatic N) is 2. The van der Waals surface area contributed by atoms with E-state index in [2.05, 4.69) is 4.99 Å². The highest BCUT2D eigenvalue weighted by Gasteiger charge is 2.00. The fourth-order valence-electron chi connectivity index (χ4n) is 0.855. The lowest BCUT2D eigenvalue weighted by Gasteiger charge is -1.89. The molecule has 1 aromatic rings. The highest BCUT2D eigenvalue weighted by molar-refractivity contribution is 5.03. The minimum absolute atomic E-state index is 0.676. The molecule has 1 aromatic heterocycles. The normalized spacial score (nSPS) is 12.6. The van der Waals surface area contributed by atoms with E-state index >= 15 is 0 Å². The lowest BCUT2D eigenvalue weighted by atomic mass is 10.4. The van der Waals surface area contributed by atoms with Crippen molar-refractivity contribution in [2.75, 3.05) is 7.05 Å². The molecule has 0 spiro atoms. The summed E-state index contributed by atoms with van der Waals surface area (Å²) in [6, 6.07) is 0.